The SMILES string of the molecule is CC.COC1=CCC=CC1. The minimum atomic E-state index is 0.969. The van der Waals surface area contributed by atoms with E-state index in [0.717, 1.165) is 18.6 Å². The van der Waals surface area contributed by atoms with E-state index in [4.69, 9.17) is 4.74 Å². The second-order valence-electron chi connectivity index (χ2n) is 1.79. The smallest absolute Gasteiger partial charge is 0.0956 e. The molecule has 0 saturated carbocycles. The monoisotopic (exact) mass is 140 g/mol. The summed E-state index contributed by atoms with van der Waals surface area (Å²) in [5.74, 6) is 1.09. The molecule has 0 aromatic rings. The lowest BCUT2D eigenvalue weighted by Gasteiger charge is -2.04. The maximum absolute atomic E-state index is 5.00. The predicted octanol–water partition coefficient (Wildman–Crippen LogP) is 2.89. The van der Waals surface area contributed by atoms with Crippen LogP contribution in [0.1, 0.15) is 26.7 Å². The van der Waals surface area contributed by atoms with E-state index in [1.165, 1.54) is 0 Å². The Balaban J connectivity index is 0.000000371. The van der Waals surface area contributed by atoms with Gasteiger partial charge in [-0.25, -0.2) is 0 Å². The van der Waals surface area contributed by atoms with Crippen LogP contribution in [0.25, 0.3) is 0 Å². The lowest BCUT2D eigenvalue weighted by molar-refractivity contribution is 0.282. The lowest BCUT2D eigenvalue weighted by Crippen LogP contribution is -1.87. The molecule has 1 rings (SSSR count). The highest BCUT2D eigenvalue weighted by molar-refractivity contribution is 5.08. The van der Waals surface area contributed by atoms with E-state index in [1.54, 1.807) is 7.11 Å². The number of ether oxygens (including phenoxy) is 1. The van der Waals surface area contributed by atoms with Gasteiger partial charge >= 0.3 is 0 Å². The van der Waals surface area contributed by atoms with Gasteiger partial charge in [-0.15, -0.1) is 0 Å². The highest BCUT2D eigenvalue weighted by atomic mass is 16.5. The first kappa shape index (κ1) is 9.28. The molecule has 1 aliphatic carbocycles. The van der Waals surface area contributed by atoms with Gasteiger partial charge in [0.05, 0.1) is 12.9 Å². The number of rotatable bonds is 1. The largest absolute Gasteiger partial charge is 0.501 e. The molecule has 0 amide bonds. The van der Waals surface area contributed by atoms with Crippen molar-refractivity contribution in [3.63, 3.8) is 0 Å². The quantitative estimate of drug-likeness (QED) is 0.509. The van der Waals surface area contributed by atoms with E-state index < -0.39 is 0 Å². The fourth-order valence-electron chi connectivity index (χ4n) is 0.745. The number of allylic oxidation sites excluding steroid dienone is 3. The van der Waals surface area contributed by atoms with E-state index in [2.05, 4.69) is 18.2 Å². The average molecular weight is 140 g/mol. The van der Waals surface area contributed by atoms with E-state index in [9.17, 15) is 0 Å². The van der Waals surface area contributed by atoms with Crippen LogP contribution in [-0.2, 0) is 4.74 Å². The highest BCUT2D eigenvalue weighted by Gasteiger charge is 1.93. The van der Waals surface area contributed by atoms with Crippen molar-refractivity contribution in [2.75, 3.05) is 7.11 Å². The van der Waals surface area contributed by atoms with Crippen LogP contribution in [0.4, 0.5) is 0 Å². The van der Waals surface area contributed by atoms with E-state index in [1.807, 2.05) is 13.8 Å². The first-order valence-corrected chi connectivity index (χ1v) is 3.81. The first-order chi connectivity index (χ1) is 4.93. The van der Waals surface area contributed by atoms with Crippen LogP contribution >= 0.6 is 0 Å². The van der Waals surface area contributed by atoms with Crippen molar-refractivity contribution in [1.29, 1.82) is 0 Å². The summed E-state index contributed by atoms with van der Waals surface area (Å²) in [5, 5.41) is 0. The van der Waals surface area contributed by atoms with Crippen molar-refractivity contribution in [2.24, 2.45) is 0 Å². The number of hydrogen-bond donors (Lipinski definition) is 0. The molecule has 0 radical (unpaired) electrons. The molecule has 0 N–H and O–H groups in total. The van der Waals surface area contributed by atoms with E-state index in [-0.39, 0.29) is 0 Å². The summed E-state index contributed by atoms with van der Waals surface area (Å²) in [6.45, 7) is 4.00. The topological polar surface area (TPSA) is 9.23 Å². The zero-order chi connectivity index (χ0) is 7.82. The summed E-state index contributed by atoms with van der Waals surface area (Å²) in [4.78, 5) is 0. The molecular weight excluding hydrogens is 124 g/mol. The van der Waals surface area contributed by atoms with Gasteiger partial charge in [-0.05, 0) is 12.5 Å². The number of methoxy groups -OCH3 is 1. The molecule has 0 heterocycles. The molecule has 0 fully saturated rings. The molecule has 0 spiro atoms. The Kier molecular flexibility index (Phi) is 5.94. The molecule has 0 unspecified atom stereocenters. The lowest BCUT2D eigenvalue weighted by atomic mass is 10.2. The van der Waals surface area contributed by atoms with Crippen molar-refractivity contribution in [3.05, 3.63) is 24.0 Å². The Bertz CT molecular complexity index is 123. The standard InChI is InChI=1S/C7H10O.C2H6/c1-8-7-5-3-2-4-6-7;1-2/h2-3,6H,4-5H2,1H3;1-2H3. The number of hydrogen-bond acceptors (Lipinski definition) is 1. The highest BCUT2D eigenvalue weighted by Crippen LogP contribution is 2.09. The van der Waals surface area contributed by atoms with Gasteiger partial charge in [-0.3, -0.25) is 0 Å². The second kappa shape index (κ2) is 6.40. The molecule has 0 aromatic heterocycles. The third-order valence-corrected chi connectivity index (χ3v) is 1.23. The zero-order valence-corrected chi connectivity index (χ0v) is 7.05. The maximum atomic E-state index is 5.00. The van der Waals surface area contributed by atoms with Gasteiger partial charge in [0.15, 0.2) is 0 Å². The molecule has 1 heteroatoms. The summed E-state index contributed by atoms with van der Waals surface area (Å²) in [6, 6.07) is 0. The maximum Gasteiger partial charge on any atom is 0.0956 e. The summed E-state index contributed by atoms with van der Waals surface area (Å²) >= 11 is 0. The molecule has 1 nitrogen and oxygen atoms in total. The summed E-state index contributed by atoms with van der Waals surface area (Å²) in [5.41, 5.74) is 0. The molecule has 0 bridgehead atoms. The third kappa shape index (κ3) is 3.33. The Hall–Kier alpha value is -0.720. The van der Waals surface area contributed by atoms with Gasteiger partial charge in [-0.1, -0.05) is 26.0 Å². The first-order valence-electron chi connectivity index (χ1n) is 3.81. The van der Waals surface area contributed by atoms with Crippen LogP contribution in [0, 0.1) is 0 Å². The third-order valence-electron chi connectivity index (χ3n) is 1.23. The van der Waals surface area contributed by atoms with Crippen LogP contribution in [0.3, 0.4) is 0 Å². The van der Waals surface area contributed by atoms with Crippen LogP contribution in [0.2, 0.25) is 0 Å². The van der Waals surface area contributed by atoms with Crippen LogP contribution in [0.15, 0.2) is 24.0 Å². The van der Waals surface area contributed by atoms with Gasteiger partial charge in [0.1, 0.15) is 0 Å². The Morgan fingerprint density at radius 2 is 2.00 bits per heavy atom. The van der Waals surface area contributed by atoms with Gasteiger partial charge in [0, 0.05) is 6.42 Å². The minimum absolute atomic E-state index is 0.969. The summed E-state index contributed by atoms with van der Waals surface area (Å²) < 4.78 is 5.00. The molecule has 0 atom stereocenters. The van der Waals surface area contributed by atoms with Crippen molar-refractivity contribution >= 4 is 0 Å². The molecule has 1 aliphatic rings. The predicted molar refractivity (Wildman–Crippen MR) is 44.8 cm³/mol. The summed E-state index contributed by atoms with van der Waals surface area (Å²) in [7, 11) is 1.71. The average Bonchev–Trinajstić information content (AvgIpc) is 2.10. The summed E-state index contributed by atoms with van der Waals surface area (Å²) in [6.07, 6.45) is 8.36. The Labute approximate surface area is 63.4 Å². The fourth-order valence-corrected chi connectivity index (χ4v) is 0.745. The van der Waals surface area contributed by atoms with Gasteiger partial charge in [0.25, 0.3) is 0 Å². The molecule has 10 heavy (non-hydrogen) atoms. The van der Waals surface area contributed by atoms with Crippen molar-refractivity contribution in [2.45, 2.75) is 26.7 Å². The van der Waals surface area contributed by atoms with E-state index in [0.29, 0.717) is 0 Å². The minimum Gasteiger partial charge on any atom is -0.501 e. The van der Waals surface area contributed by atoms with Crippen molar-refractivity contribution < 1.29 is 4.74 Å². The fraction of sp³-hybridized carbons (Fsp3) is 0.556. The Morgan fingerprint density at radius 1 is 1.30 bits per heavy atom. The second-order valence-corrected chi connectivity index (χ2v) is 1.79. The zero-order valence-electron chi connectivity index (χ0n) is 7.05. The molecular formula is C9H16O. The Morgan fingerprint density at radius 3 is 2.30 bits per heavy atom. The normalized spacial score (nSPS) is 14.9. The molecule has 58 valence electrons. The van der Waals surface area contributed by atoms with Crippen LogP contribution < -0.4 is 0 Å². The van der Waals surface area contributed by atoms with Crippen molar-refractivity contribution in [1.82, 2.24) is 0 Å². The van der Waals surface area contributed by atoms with Crippen LogP contribution in [0.5, 0.6) is 0 Å². The van der Waals surface area contributed by atoms with E-state index >= 15 is 0 Å². The van der Waals surface area contributed by atoms with Gasteiger partial charge in [-0.2, -0.15) is 0 Å². The molecule has 0 saturated heterocycles. The molecule has 0 aromatic carbocycles. The van der Waals surface area contributed by atoms with Crippen molar-refractivity contribution in [3.8, 4) is 0 Å². The van der Waals surface area contributed by atoms with Gasteiger partial charge in [0.2, 0.25) is 0 Å². The van der Waals surface area contributed by atoms with Gasteiger partial charge < -0.3 is 4.74 Å². The van der Waals surface area contributed by atoms with Crippen LogP contribution in [-0.4, -0.2) is 7.11 Å². The molecule has 0 aliphatic heterocycles.